The van der Waals surface area contributed by atoms with E-state index in [1.165, 1.54) is 17.8 Å². The summed E-state index contributed by atoms with van der Waals surface area (Å²) in [5, 5.41) is 5.04. The maximum absolute atomic E-state index is 11.2. The number of anilines is 1. The van der Waals surface area contributed by atoms with Gasteiger partial charge in [0.15, 0.2) is 0 Å². The maximum Gasteiger partial charge on any atom is 0.240 e. The predicted molar refractivity (Wildman–Crippen MR) is 69.8 cm³/mol. The second kappa shape index (κ2) is 4.68. The number of benzene rings is 1. The minimum absolute atomic E-state index is 0.0595. The Labute approximate surface area is 109 Å². The van der Waals surface area contributed by atoms with E-state index in [0.717, 1.165) is 15.6 Å². The predicted octanol–water partition coefficient (Wildman–Crippen LogP) is 1.97. The zero-order valence-corrected chi connectivity index (χ0v) is 11.2. The van der Waals surface area contributed by atoms with E-state index in [9.17, 15) is 8.42 Å². The normalized spacial score (nSPS) is 11.7. The number of sulfonamides is 1. The highest BCUT2D eigenvalue weighted by molar-refractivity contribution is 7.99. The van der Waals surface area contributed by atoms with Gasteiger partial charge in [-0.1, -0.05) is 11.8 Å². The van der Waals surface area contributed by atoms with Crippen LogP contribution in [0.2, 0.25) is 0 Å². The topological polar surface area (TPSA) is 99.3 Å². The molecular formula is C11H12N2O3S2. The zero-order chi connectivity index (χ0) is 13.3. The van der Waals surface area contributed by atoms with E-state index in [-0.39, 0.29) is 10.6 Å². The van der Waals surface area contributed by atoms with E-state index < -0.39 is 10.0 Å². The van der Waals surface area contributed by atoms with Crippen molar-refractivity contribution in [1.29, 1.82) is 0 Å². The van der Waals surface area contributed by atoms with Gasteiger partial charge < -0.3 is 10.2 Å². The van der Waals surface area contributed by atoms with E-state index in [2.05, 4.69) is 0 Å². The molecule has 1 aromatic heterocycles. The molecule has 0 bridgehead atoms. The molecule has 7 heteroatoms. The zero-order valence-electron chi connectivity index (χ0n) is 9.58. The molecule has 18 heavy (non-hydrogen) atoms. The molecule has 0 unspecified atom stereocenters. The van der Waals surface area contributed by atoms with Crippen LogP contribution in [0, 0.1) is 6.92 Å². The van der Waals surface area contributed by atoms with E-state index in [4.69, 9.17) is 15.3 Å². The number of nitrogen functional groups attached to an aromatic ring is 1. The first-order valence-corrected chi connectivity index (χ1v) is 7.38. The summed E-state index contributed by atoms with van der Waals surface area (Å²) in [7, 11) is -3.77. The van der Waals surface area contributed by atoms with Crippen LogP contribution in [-0.4, -0.2) is 8.42 Å². The van der Waals surface area contributed by atoms with Crippen molar-refractivity contribution >= 4 is 27.5 Å². The molecule has 96 valence electrons. The number of primary sulfonamides is 1. The van der Waals surface area contributed by atoms with Gasteiger partial charge in [0.25, 0.3) is 0 Å². The standard InChI is InChI=1S/C11H12N2O3S2/c1-7-10(4-5-16-7)17-8-2-3-11(9(12)6-8)18(13,14)15/h2-6H,12H2,1H3,(H2,13,14,15). The summed E-state index contributed by atoms with van der Waals surface area (Å²) in [5.74, 6) is 0.800. The summed E-state index contributed by atoms with van der Waals surface area (Å²) in [6.45, 7) is 1.85. The van der Waals surface area contributed by atoms with Crippen molar-refractivity contribution in [2.75, 3.05) is 5.73 Å². The van der Waals surface area contributed by atoms with Crippen molar-refractivity contribution in [1.82, 2.24) is 0 Å². The molecule has 5 nitrogen and oxygen atoms in total. The first kappa shape index (κ1) is 13.0. The summed E-state index contributed by atoms with van der Waals surface area (Å²) < 4.78 is 27.6. The molecule has 0 saturated heterocycles. The van der Waals surface area contributed by atoms with E-state index in [1.807, 2.05) is 13.0 Å². The Bertz CT molecular complexity index is 677. The lowest BCUT2D eigenvalue weighted by molar-refractivity contribution is 0.527. The van der Waals surface area contributed by atoms with Crippen LogP contribution in [-0.2, 0) is 10.0 Å². The quantitative estimate of drug-likeness (QED) is 0.839. The fourth-order valence-electron chi connectivity index (χ4n) is 1.46. The Hall–Kier alpha value is -1.44. The number of nitrogens with two attached hydrogens (primary N) is 2. The van der Waals surface area contributed by atoms with Crippen molar-refractivity contribution in [2.24, 2.45) is 5.14 Å². The average molecular weight is 284 g/mol. The first-order chi connectivity index (χ1) is 8.38. The fraction of sp³-hybridized carbons (Fsp3) is 0.0909. The van der Waals surface area contributed by atoms with Gasteiger partial charge in [0.05, 0.1) is 16.8 Å². The van der Waals surface area contributed by atoms with Crippen LogP contribution >= 0.6 is 11.8 Å². The molecule has 0 spiro atoms. The van der Waals surface area contributed by atoms with Crippen LogP contribution in [0.3, 0.4) is 0 Å². The number of aryl methyl sites for hydroxylation is 1. The number of hydrogen-bond donors (Lipinski definition) is 2. The Morgan fingerprint density at radius 1 is 1.28 bits per heavy atom. The first-order valence-electron chi connectivity index (χ1n) is 5.02. The van der Waals surface area contributed by atoms with E-state index in [1.54, 1.807) is 18.4 Å². The summed E-state index contributed by atoms with van der Waals surface area (Å²) in [5.41, 5.74) is 5.82. The number of furan rings is 1. The highest BCUT2D eigenvalue weighted by atomic mass is 32.2. The Balaban J connectivity index is 2.33. The van der Waals surface area contributed by atoms with Crippen molar-refractivity contribution < 1.29 is 12.8 Å². The van der Waals surface area contributed by atoms with Gasteiger partial charge in [-0.05, 0) is 31.2 Å². The molecule has 0 atom stereocenters. The maximum atomic E-state index is 11.2. The van der Waals surface area contributed by atoms with Crippen LogP contribution < -0.4 is 10.9 Å². The van der Waals surface area contributed by atoms with Gasteiger partial charge >= 0.3 is 0 Å². The Morgan fingerprint density at radius 2 is 2.00 bits per heavy atom. The Morgan fingerprint density at radius 3 is 2.50 bits per heavy atom. The van der Waals surface area contributed by atoms with Crippen LogP contribution in [0.5, 0.6) is 0 Å². The molecule has 0 saturated carbocycles. The summed E-state index contributed by atoms with van der Waals surface area (Å²) in [6, 6.07) is 6.48. The molecule has 0 amide bonds. The smallest absolute Gasteiger partial charge is 0.240 e. The fourth-order valence-corrected chi connectivity index (χ4v) is 2.99. The monoisotopic (exact) mass is 284 g/mol. The molecule has 4 N–H and O–H groups in total. The largest absolute Gasteiger partial charge is 0.468 e. The van der Waals surface area contributed by atoms with Gasteiger partial charge in [0.1, 0.15) is 10.7 Å². The van der Waals surface area contributed by atoms with Crippen LogP contribution in [0.1, 0.15) is 5.76 Å². The third kappa shape index (κ3) is 2.69. The molecule has 0 aliphatic rings. The SMILES string of the molecule is Cc1occc1Sc1ccc(S(N)(=O)=O)c(N)c1. The van der Waals surface area contributed by atoms with Crippen LogP contribution in [0.15, 0.2) is 49.6 Å². The van der Waals surface area contributed by atoms with Gasteiger partial charge in [0.2, 0.25) is 10.0 Å². The second-order valence-corrected chi connectivity index (χ2v) is 6.33. The molecule has 2 aromatic rings. The molecule has 0 fully saturated rings. The molecule has 0 aliphatic carbocycles. The number of hydrogen-bond acceptors (Lipinski definition) is 5. The second-order valence-electron chi connectivity index (χ2n) is 3.69. The van der Waals surface area contributed by atoms with Crippen molar-refractivity contribution in [3.63, 3.8) is 0 Å². The molecule has 0 radical (unpaired) electrons. The molecule has 1 heterocycles. The minimum Gasteiger partial charge on any atom is -0.468 e. The van der Waals surface area contributed by atoms with Gasteiger partial charge in [-0.3, -0.25) is 0 Å². The summed E-state index contributed by atoms with van der Waals surface area (Å²) in [6.07, 6.45) is 1.60. The lowest BCUT2D eigenvalue weighted by atomic mass is 10.3. The minimum atomic E-state index is -3.77. The highest BCUT2D eigenvalue weighted by Gasteiger charge is 2.13. The van der Waals surface area contributed by atoms with Crippen molar-refractivity contribution in [3.05, 3.63) is 36.3 Å². The Kier molecular flexibility index (Phi) is 3.38. The van der Waals surface area contributed by atoms with Gasteiger partial charge in [0, 0.05) is 4.90 Å². The highest BCUT2D eigenvalue weighted by Crippen LogP contribution is 2.33. The lowest BCUT2D eigenvalue weighted by Gasteiger charge is -2.06. The van der Waals surface area contributed by atoms with Crippen LogP contribution in [0.25, 0.3) is 0 Å². The molecule has 0 aliphatic heterocycles. The van der Waals surface area contributed by atoms with Gasteiger partial charge in [-0.15, -0.1) is 0 Å². The van der Waals surface area contributed by atoms with E-state index in [0.29, 0.717) is 0 Å². The number of rotatable bonds is 3. The summed E-state index contributed by atoms with van der Waals surface area (Å²) >= 11 is 1.44. The summed E-state index contributed by atoms with van der Waals surface area (Å²) in [4.78, 5) is 1.72. The molecule has 1 aromatic carbocycles. The van der Waals surface area contributed by atoms with Crippen molar-refractivity contribution in [3.8, 4) is 0 Å². The third-order valence-corrected chi connectivity index (χ3v) is 4.44. The lowest BCUT2D eigenvalue weighted by Crippen LogP contribution is -2.14. The van der Waals surface area contributed by atoms with Crippen LogP contribution in [0.4, 0.5) is 5.69 Å². The average Bonchev–Trinajstić information content (AvgIpc) is 2.62. The van der Waals surface area contributed by atoms with Crippen molar-refractivity contribution in [2.45, 2.75) is 21.6 Å². The molecule has 2 rings (SSSR count). The van der Waals surface area contributed by atoms with E-state index >= 15 is 0 Å². The van der Waals surface area contributed by atoms with Gasteiger partial charge in [-0.2, -0.15) is 0 Å². The van der Waals surface area contributed by atoms with Gasteiger partial charge in [-0.25, -0.2) is 13.6 Å². The third-order valence-electron chi connectivity index (χ3n) is 2.33. The molecular weight excluding hydrogens is 272 g/mol.